The van der Waals surface area contributed by atoms with Gasteiger partial charge in [-0.25, -0.2) is 0 Å². The molecule has 0 rings (SSSR count). The molecule has 4 nitrogen and oxygen atoms in total. The molecular weight excluding hydrogens is 302 g/mol. The van der Waals surface area contributed by atoms with E-state index in [2.05, 4.69) is 46.4 Å². The third-order valence-corrected chi connectivity index (χ3v) is 0. The maximum absolute atomic E-state index is 7.33. The molecule has 0 atom stereocenters. The fourth-order valence-electron chi connectivity index (χ4n) is 0. The van der Waals surface area contributed by atoms with Crippen LogP contribution >= 0.6 is 46.4 Å². The number of halogens is 4. The number of aliphatic hydroxyl groups excluding tert-OH is 4. The maximum atomic E-state index is 7.33. The molecule has 0 aromatic carbocycles. The molecule has 0 spiro atoms. The number of aliphatic hydroxyl groups is 4. The third-order valence-electron chi connectivity index (χ3n) is 0. The van der Waals surface area contributed by atoms with Crippen molar-refractivity contribution >= 4 is 46.4 Å². The predicted molar refractivity (Wildman–Crippen MR) is 51.8 cm³/mol. The summed E-state index contributed by atoms with van der Waals surface area (Å²) in [6.45, 7) is 0. The van der Waals surface area contributed by atoms with Gasteiger partial charge in [-0.05, 0) is 0 Å². The molecule has 4 N–H and O–H groups in total. The molecule has 0 aromatic heterocycles. The molecule has 0 bridgehead atoms. The molecule has 0 aliphatic carbocycles. The summed E-state index contributed by atoms with van der Waals surface area (Å²) >= 11 is 18.2. The number of rotatable bonds is 0. The van der Waals surface area contributed by atoms with Gasteiger partial charge < -0.3 is 20.4 Å². The maximum Gasteiger partial charge on any atom is 0.117 e. The molecule has 84 valence electrons. The van der Waals surface area contributed by atoms with E-state index < -0.39 is 0 Å². The minimum Gasteiger partial charge on any atom is -0.381 e. The van der Waals surface area contributed by atoms with Crippen LogP contribution in [0.1, 0.15) is 0 Å². The minimum atomic E-state index is -0.278. The van der Waals surface area contributed by atoms with E-state index in [4.69, 9.17) is 20.4 Å². The van der Waals surface area contributed by atoms with Crippen LogP contribution in [0.2, 0.25) is 0 Å². The van der Waals surface area contributed by atoms with Gasteiger partial charge >= 0.3 is 0 Å². The van der Waals surface area contributed by atoms with Gasteiger partial charge in [-0.1, -0.05) is 46.4 Å². The number of alkyl halides is 4. The zero-order valence-electron chi connectivity index (χ0n) is 6.63. The van der Waals surface area contributed by atoms with Crippen LogP contribution in [0.25, 0.3) is 0 Å². The Morgan fingerprint density at radius 1 is 0.538 bits per heavy atom. The van der Waals surface area contributed by atoms with E-state index in [9.17, 15) is 0 Å². The van der Waals surface area contributed by atoms with Crippen molar-refractivity contribution in [1.29, 1.82) is 0 Å². The first kappa shape index (κ1) is 29.3. The van der Waals surface area contributed by atoms with Crippen LogP contribution in [0.15, 0.2) is 0 Å². The number of hydrogen-bond acceptors (Lipinski definition) is 4. The van der Waals surface area contributed by atoms with Gasteiger partial charge in [0.2, 0.25) is 0 Å². The molecular formula is C4H12Cl4O4Ti. The first-order valence-electron chi connectivity index (χ1n) is 2.33. The summed E-state index contributed by atoms with van der Waals surface area (Å²) in [5.74, 6) is 0. The standard InChI is InChI=1S/4CH3ClO.Ti/c4*2-1-3;/h4*3H,1H2;. The predicted octanol–water partition coefficient (Wildman–Crippen LogP) is 0.697. The summed E-state index contributed by atoms with van der Waals surface area (Å²) in [5.41, 5.74) is 0. The van der Waals surface area contributed by atoms with E-state index in [0.717, 1.165) is 0 Å². The number of hydrogen-bond donors (Lipinski definition) is 4. The van der Waals surface area contributed by atoms with Crippen LogP contribution in [0.5, 0.6) is 0 Å². The Labute approximate surface area is 112 Å². The van der Waals surface area contributed by atoms with Crippen LogP contribution in [0.3, 0.4) is 0 Å². The minimum absolute atomic E-state index is 0. The molecule has 13 heavy (non-hydrogen) atoms. The van der Waals surface area contributed by atoms with Gasteiger partial charge in [0.25, 0.3) is 0 Å². The van der Waals surface area contributed by atoms with Crippen molar-refractivity contribution in [3.05, 3.63) is 0 Å². The topological polar surface area (TPSA) is 80.9 Å². The first-order valence-corrected chi connectivity index (χ1v) is 4.47. The zero-order valence-corrected chi connectivity index (χ0v) is 11.2. The van der Waals surface area contributed by atoms with Crippen molar-refractivity contribution in [2.45, 2.75) is 0 Å². The molecule has 0 heterocycles. The second-order valence-corrected chi connectivity index (χ2v) is 1.43. The van der Waals surface area contributed by atoms with E-state index in [1.807, 2.05) is 0 Å². The van der Waals surface area contributed by atoms with Crippen LogP contribution < -0.4 is 0 Å². The summed E-state index contributed by atoms with van der Waals surface area (Å²) < 4.78 is 0. The van der Waals surface area contributed by atoms with E-state index in [1.165, 1.54) is 0 Å². The summed E-state index contributed by atoms with van der Waals surface area (Å²) in [6.07, 6.45) is 0. The summed E-state index contributed by atoms with van der Waals surface area (Å²) in [5, 5.41) is 29.3. The van der Waals surface area contributed by atoms with Crippen molar-refractivity contribution in [2.75, 3.05) is 24.3 Å². The van der Waals surface area contributed by atoms with Gasteiger partial charge in [-0.15, -0.1) is 0 Å². The zero-order chi connectivity index (χ0) is 10.8. The molecule has 0 saturated carbocycles. The Balaban J connectivity index is -0.0000000213. The summed E-state index contributed by atoms with van der Waals surface area (Å²) in [4.78, 5) is 0. The summed E-state index contributed by atoms with van der Waals surface area (Å²) in [6, 6.07) is -1.11. The van der Waals surface area contributed by atoms with E-state index in [-0.39, 0.29) is 46.0 Å². The smallest absolute Gasteiger partial charge is 0.117 e. The van der Waals surface area contributed by atoms with Crippen LogP contribution in [-0.2, 0) is 21.7 Å². The Morgan fingerprint density at radius 2 is 0.538 bits per heavy atom. The first-order chi connectivity index (χ1) is 5.66. The van der Waals surface area contributed by atoms with Crippen molar-refractivity contribution < 1.29 is 42.1 Å². The molecule has 0 aliphatic rings. The molecule has 0 aliphatic heterocycles. The Kier molecular flexibility index (Phi) is 153. The normalized spacial score (nSPS) is 5.54. The van der Waals surface area contributed by atoms with Gasteiger partial charge in [0, 0.05) is 21.7 Å². The summed E-state index contributed by atoms with van der Waals surface area (Å²) in [7, 11) is 0. The second kappa shape index (κ2) is 67.9. The van der Waals surface area contributed by atoms with Gasteiger partial charge in [-0.2, -0.15) is 0 Å². The van der Waals surface area contributed by atoms with E-state index in [1.54, 1.807) is 0 Å². The average molecular weight is 314 g/mol. The molecule has 0 unspecified atom stereocenters. The van der Waals surface area contributed by atoms with Crippen LogP contribution in [0, 0.1) is 0 Å². The largest absolute Gasteiger partial charge is 0.381 e. The quantitative estimate of drug-likeness (QED) is 0.392. The fraction of sp³-hybridized carbons (Fsp3) is 1.00. The molecule has 0 fully saturated rings. The van der Waals surface area contributed by atoms with Crippen LogP contribution in [0.4, 0.5) is 0 Å². The van der Waals surface area contributed by atoms with Crippen molar-refractivity contribution in [3.63, 3.8) is 0 Å². The van der Waals surface area contributed by atoms with Gasteiger partial charge in [0.1, 0.15) is 24.3 Å². The van der Waals surface area contributed by atoms with E-state index in [0.29, 0.717) is 0 Å². The van der Waals surface area contributed by atoms with Gasteiger partial charge in [0.05, 0.1) is 0 Å². The van der Waals surface area contributed by atoms with Crippen molar-refractivity contribution in [3.8, 4) is 0 Å². The van der Waals surface area contributed by atoms with Gasteiger partial charge in [-0.3, -0.25) is 0 Å². The van der Waals surface area contributed by atoms with E-state index >= 15 is 0 Å². The molecule has 0 saturated heterocycles. The molecule has 0 aromatic rings. The average Bonchev–Trinajstić information content (AvgIpc) is 1.92. The van der Waals surface area contributed by atoms with Crippen molar-refractivity contribution in [1.82, 2.24) is 0 Å². The Bertz CT molecular complexity index is 32.1. The van der Waals surface area contributed by atoms with Gasteiger partial charge in [0.15, 0.2) is 0 Å². The Morgan fingerprint density at radius 3 is 0.538 bits per heavy atom. The van der Waals surface area contributed by atoms with Crippen molar-refractivity contribution in [2.24, 2.45) is 0 Å². The SMILES string of the molecule is OCCl.OCCl.OCCl.OCCl.[Ti]. The second-order valence-electron chi connectivity index (χ2n) is 0.478. The monoisotopic (exact) mass is 312 g/mol. The fourth-order valence-corrected chi connectivity index (χ4v) is 0. The Hall–Kier alpha value is 1.71. The molecule has 9 heteroatoms. The molecule has 0 radical (unpaired) electrons. The van der Waals surface area contributed by atoms with Crippen LogP contribution in [-0.4, -0.2) is 44.7 Å². The molecule has 0 amide bonds. The third kappa shape index (κ3) is 640.